The highest BCUT2D eigenvalue weighted by molar-refractivity contribution is 7.99. The van der Waals surface area contributed by atoms with Crippen LogP contribution in [0.3, 0.4) is 0 Å². The standard InChI is InChI=1S/C8H14N2OS/c1-10-8(2-4-9-10)3-6-12-7-5-11/h2,4,11H,3,5-7H2,1H3. The Bertz CT molecular complexity index is 225. The molecule has 1 N–H and O–H groups in total. The topological polar surface area (TPSA) is 38.0 Å². The number of rotatable bonds is 5. The molecule has 0 fully saturated rings. The molecule has 0 amide bonds. The van der Waals surface area contributed by atoms with Gasteiger partial charge in [0.1, 0.15) is 0 Å². The zero-order valence-corrected chi connectivity index (χ0v) is 8.05. The van der Waals surface area contributed by atoms with E-state index in [-0.39, 0.29) is 6.61 Å². The van der Waals surface area contributed by atoms with Crippen molar-refractivity contribution in [1.82, 2.24) is 9.78 Å². The lowest BCUT2D eigenvalue weighted by atomic mass is 10.3. The first kappa shape index (κ1) is 9.61. The van der Waals surface area contributed by atoms with Gasteiger partial charge >= 0.3 is 0 Å². The van der Waals surface area contributed by atoms with Gasteiger partial charge in [-0.05, 0) is 18.2 Å². The Morgan fingerprint density at radius 3 is 3.00 bits per heavy atom. The van der Waals surface area contributed by atoms with Crippen LogP contribution in [-0.2, 0) is 13.5 Å². The van der Waals surface area contributed by atoms with Crippen molar-refractivity contribution in [2.45, 2.75) is 6.42 Å². The molecule has 68 valence electrons. The lowest BCUT2D eigenvalue weighted by Crippen LogP contribution is -2.00. The van der Waals surface area contributed by atoms with Gasteiger partial charge < -0.3 is 5.11 Å². The van der Waals surface area contributed by atoms with Crippen LogP contribution in [0.25, 0.3) is 0 Å². The van der Waals surface area contributed by atoms with Crippen molar-refractivity contribution in [2.75, 3.05) is 18.1 Å². The van der Waals surface area contributed by atoms with E-state index < -0.39 is 0 Å². The highest BCUT2D eigenvalue weighted by Crippen LogP contribution is 2.04. The Balaban J connectivity index is 2.20. The molecule has 12 heavy (non-hydrogen) atoms. The summed E-state index contributed by atoms with van der Waals surface area (Å²) >= 11 is 1.77. The SMILES string of the molecule is Cn1nccc1CCSCCO. The van der Waals surface area contributed by atoms with Crippen molar-refractivity contribution in [3.8, 4) is 0 Å². The first-order valence-electron chi connectivity index (χ1n) is 4.00. The molecule has 1 heterocycles. The molecular weight excluding hydrogens is 172 g/mol. The first-order chi connectivity index (χ1) is 5.84. The maximum Gasteiger partial charge on any atom is 0.0521 e. The first-order valence-corrected chi connectivity index (χ1v) is 5.15. The summed E-state index contributed by atoms with van der Waals surface area (Å²) < 4.78 is 1.89. The Morgan fingerprint density at radius 1 is 1.58 bits per heavy atom. The quantitative estimate of drug-likeness (QED) is 0.687. The van der Waals surface area contributed by atoms with Crippen LogP contribution in [0.15, 0.2) is 12.3 Å². The zero-order valence-electron chi connectivity index (χ0n) is 7.23. The molecule has 0 aliphatic rings. The van der Waals surface area contributed by atoms with Gasteiger partial charge in [-0.15, -0.1) is 0 Å². The van der Waals surface area contributed by atoms with Gasteiger partial charge in [-0.2, -0.15) is 16.9 Å². The van der Waals surface area contributed by atoms with E-state index >= 15 is 0 Å². The van der Waals surface area contributed by atoms with Crippen LogP contribution < -0.4 is 0 Å². The Morgan fingerprint density at radius 2 is 2.42 bits per heavy atom. The Kier molecular flexibility index (Phi) is 4.18. The fourth-order valence-electron chi connectivity index (χ4n) is 0.990. The van der Waals surface area contributed by atoms with E-state index in [1.54, 1.807) is 11.8 Å². The molecule has 0 atom stereocenters. The summed E-state index contributed by atoms with van der Waals surface area (Å²) in [6.45, 7) is 0.274. The highest BCUT2D eigenvalue weighted by atomic mass is 32.2. The molecule has 0 unspecified atom stereocenters. The summed E-state index contributed by atoms with van der Waals surface area (Å²) in [4.78, 5) is 0. The number of hydrogen-bond acceptors (Lipinski definition) is 3. The molecule has 1 rings (SSSR count). The molecule has 0 radical (unpaired) electrons. The maximum atomic E-state index is 8.54. The van der Waals surface area contributed by atoms with Crippen LogP contribution >= 0.6 is 11.8 Å². The summed E-state index contributed by atoms with van der Waals surface area (Å²) in [5.74, 6) is 1.89. The largest absolute Gasteiger partial charge is 0.396 e. The van der Waals surface area contributed by atoms with E-state index in [2.05, 4.69) is 5.10 Å². The van der Waals surface area contributed by atoms with Crippen LogP contribution in [0.1, 0.15) is 5.69 Å². The lowest BCUT2D eigenvalue weighted by Gasteiger charge is -2.00. The molecule has 0 aliphatic heterocycles. The third-order valence-electron chi connectivity index (χ3n) is 1.66. The summed E-state index contributed by atoms with van der Waals surface area (Å²) in [5.41, 5.74) is 1.25. The highest BCUT2D eigenvalue weighted by Gasteiger charge is 1.97. The molecule has 1 aromatic heterocycles. The van der Waals surface area contributed by atoms with E-state index in [0.717, 1.165) is 17.9 Å². The van der Waals surface area contributed by atoms with Crippen molar-refractivity contribution in [3.05, 3.63) is 18.0 Å². The number of nitrogens with zero attached hydrogens (tertiary/aromatic N) is 2. The van der Waals surface area contributed by atoms with Crippen molar-refractivity contribution < 1.29 is 5.11 Å². The second-order valence-electron chi connectivity index (χ2n) is 2.53. The number of aliphatic hydroxyl groups is 1. The third kappa shape index (κ3) is 2.87. The van der Waals surface area contributed by atoms with Crippen LogP contribution in [-0.4, -0.2) is 33.0 Å². The van der Waals surface area contributed by atoms with Crippen molar-refractivity contribution >= 4 is 11.8 Å². The molecule has 0 bridgehead atoms. The van der Waals surface area contributed by atoms with Crippen molar-refractivity contribution in [3.63, 3.8) is 0 Å². The van der Waals surface area contributed by atoms with Gasteiger partial charge in [-0.1, -0.05) is 0 Å². The van der Waals surface area contributed by atoms with Gasteiger partial charge in [-0.25, -0.2) is 0 Å². The van der Waals surface area contributed by atoms with Gasteiger partial charge in [0.05, 0.1) is 6.61 Å². The Hall–Kier alpha value is -0.480. The molecule has 0 saturated carbocycles. The van der Waals surface area contributed by atoms with E-state index in [1.807, 2.05) is 24.0 Å². The molecule has 0 saturated heterocycles. The van der Waals surface area contributed by atoms with Crippen molar-refractivity contribution in [1.29, 1.82) is 0 Å². The number of aromatic nitrogens is 2. The van der Waals surface area contributed by atoms with Gasteiger partial charge in [0.2, 0.25) is 0 Å². The molecule has 0 aromatic carbocycles. The number of aliphatic hydroxyl groups excluding tert-OH is 1. The van der Waals surface area contributed by atoms with Gasteiger partial charge in [0, 0.05) is 24.7 Å². The third-order valence-corrected chi connectivity index (χ3v) is 2.62. The fraction of sp³-hybridized carbons (Fsp3) is 0.625. The molecular formula is C8H14N2OS. The number of thioether (sulfide) groups is 1. The van der Waals surface area contributed by atoms with Crippen LogP contribution in [0.4, 0.5) is 0 Å². The smallest absolute Gasteiger partial charge is 0.0521 e. The minimum absolute atomic E-state index is 0.274. The van der Waals surface area contributed by atoms with E-state index in [9.17, 15) is 0 Å². The Labute approximate surface area is 76.8 Å². The summed E-state index contributed by atoms with van der Waals surface area (Å²) in [7, 11) is 1.95. The second-order valence-corrected chi connectivity index (χ2v) is 3.76. The van der Waals surface area contributed by atoms with Gasteiger partial charge in [0.15, 0.2) is 0 Å². The van der Waals surface area contributed by atoms with Crippen LogP contribution in [0.2, 0.25) is 0 Å². The molecule has 3 nitrogen and oxygen atoms in total. The summed E-state index contributed by atoms with van der Waals surface area (Å²) in [6, 6.07) is 2.03. The van der Waals surface area contributed by atoms with Gasteiger partial charge in [0.25, 0.3) is 0 Å². The monoisotopic (exact) mass is 186 g/mol. The van der Waals surface area contributed by atoms with Crippen molar-refractivity contribution in [2.24, 2.45) is 7.05 Å². The average Bonchev–Trinajstić information content (AvgIpc) is 2.46. The van der Waals surface area contributed by atoms with Gasteiger partial charge in [-0.3, -0.25) is 4.68 Å². The average molecular weight is 186 g/mol. The number of aryl methyl sites for hydroxylation is 2. The number of hydrogen-bond donors (Lipinski definition) is 1. The predicted octanol–water partition coefficient (Wildman–Crippen LogP) is 0.688. The summed E-state index contributed by atoms with van der Waals surface area (Å²) in [6.07, 6.45) is 2.84. The minimum Gasteiger partial charge on any atom is -0.396 e. The van der Waals surface area contributed by atoms with E-state index in [0.29, 0.717) is 0 Å². The minimum atomic E-state index is 0.274. The normalized spacial score (nSPS) is 10.5. The predicted molar refractivity (Wildman–Crippen MR) is 51.3 cm³/mol. The van der Waals surface area contributed by atoms with E-state index in [1.165, 1.54) is 5.69 Å². The zero-order chi connectivity index (χ0) is 8.81. The molecule has 4 heteroatoms. The second kappa shape index (κ2) is 5.22. The maximum absolute atomic E-state index is 8.54. The van der Waals surface area contributed by atoms with E-state index in [4.69, 9.17) is 5.11 Å². The fourth-order valence-corrected chi connectivity index (χ4v) is 1.68. The molecule has 0 aliphatic carbocycles. The molecule has 0 spiro atoms. The lowest BCUT2D eigenvalue weighted by molar-refractivity contribution is 0.322. The van der Waals surface area contributed by atoms with Crippen LogP contribution in [0, 0.1) is 0 Å². The molecule has 1 aromatic rings. The van der Waals surface area contributed by atoms with Crippen LogP contribution in [0.5, 0.6) is 0 Å². The summed E-state index contributed by atoms with van der Waals surface area (Å²) in [5, 5.41) is 12.6.